The van der Waals surface area contributed by atoms with Crippen LogP contribution in [-0.2, 0) is 95.1 Å². The average Bonchev–Trinajstić information content (AvgIpc) is 1.70. The van der Waals surface area contributed by atoms with E-state index in [1.165, 1.54) is 55.6 Å². The highest BCUT2D eigenvalue weighted by molar-refractivity contribution is 5.81. The zero-order valence-electron chi connectivity index (χ0n) is 85.5. The molecule has 812 valence electrons. The summed E-state index contributed by atoms with van der Waals surface area (Å²) in [6, 6.07) is 12.2. The Kier molecular flexibility index (Phi) is 27.0. The molecular weight excluding hydrogens is 1940 g/mol. The Morgan fingerprint density at radius 2 is 0.469 bits per heavy atom. The number of carbonyl (C=O) groups excluding carboxylic acids is 6. The van der Waals surface area contributed by atoms with Crippen LogP contribution < -0.4 is 29.7 Å². The van der Waals surface area contributed by atoms with Gasteiger partial charge in [0.05, 0.1) is 58.9 Å². The summed E-state index contributed by atoms with van der Waals surface area (Å²) in [5, 5.41) is 0. The molecule has 147 heavy (non-hydrogen) atoms. The Morgan fingerprint density at radius 1 is 0.286 bits per heavy atom. The van der Waals surface area contributed by atoms with Crippen LogP contribution in [0.25, 0.3) is 0 Å². The van der Waals surface area contributed by atoms with E-state index in [2.05, 4.69) is 29.7 Å². The van der Waals surface area contributed by atoms with Crippen LogP contribution in [0.5, 0.6) is 0 Å². The first-order valence-electron chi connectivity index (χ1n) is 53.7. The third kappa shape index (κ3) is 19.2. The molecule has 8 unspecified atom stereocenters. The number of aromatic nitrogens is 3. The van der Waals surface area contributed by atoms with Crippen molar-refractivity contribution in [2.45, 2.75) is 289 Å². The van der Waals surface area contributed by atoms with E-state index in [0.29, 0.717) is 126 Å². The van der Waals surface area contributed by atoms with E-state index in [4.69, 9.17) is 66.3 Å². The van der Waals surface area contributed by atoms with E-state index < -0.39 is 176 Å². The van der Waals surface area contributed by atoms with Gasteiger partial charge >= 0.3 is 71.4 Å². The maximum absolute atomic E-state index is 14.6. The largest absolute Gasteiger partial charge is 0.464 e. The smallest absolute Gasteiger partial charge is 0.377 e. The topological polar surface area (TPSA) is 284 Å². The number of anilines is 3. The number of ether oxygens (including phenoxy) is 14. The van der Waals surface area contributed by atoms with Crippen molar-refractivity contribution in [1.29, 1.82) is 0 Å². The monoisotopic (exact) mass is 2090 g/mol. The van der Waals surface area contributed by atoms with Crippen molar-refractivity contribution in [3.05, 3.63) is 73.6 Å². The van der Waals surface area contributed by atoms with Crippen LogP contribution in [0.3, 0.4) is 0 Å². The molecule has 4 saturated heterocycles. The van der Waals surface area contributed by atoms with Gasteiger partial charge in [0.25, 0.3) is 0 Å². The lowest BCUT2D eigenvalue weighted by molar-refractivity contribution is -0.397. The molecule has 4 aliphatic heterocycles. The van der Waals surface area contributed by atoms with Gasteiger partial charge in [0.15, 0.2) is 60.3 Å². The highest BCUT2D eigenvalue weighted by atomic mass is 19.3. The summed E-state index contributed by atoms with van der Waals surface area (Å²) < 4.78 is 258. The van der Waals surface area contributed by atoms with E-state index in [1.807, 2.05) is 116 Å². The second-order valence-electron chi connectivity index (χ2n) is 51.0. The van der Waals surface area contributed by atoms with Crippen molar-refractivity contribution in [1.82, 2.24) is 0 Å². The predicted octanol–water partition coefficient (Wildman–Crippen LogP) is 17.0. The number of esters is 6. The van der Waals surface area contributed by atoms with E-state index in [-0.39, 0.29) is 151 Å². The minimum absolute atomic E-state index is 0.0598. The minimum atomic E-state index is -4.46. The molecule has 28 aliphatic rings. The summed E-state index contributed by atoms with van der Waals surface area (Å²) in [6.45, 7) is -5.57. The number of carbonyl (C=O) groups is 6. The summed E-state index contributed by atoms with van der Waals surface area (Å²) >= 11 is 0. The first kappa shape index (κ1) is 105. The molecule has 0 amide bonds. The summed E-state index contributed by atoms with van der Waals surface area (Å²) in [5.74, 6) is -34.8. The van der Waals surface area contributed by atoms with Crippen molar-refractivity contribution in [2.75, 3.05) is 136 Å². The van der Waals surface area contributed by atoms with Crippen LogP contribution >= 0.6 is 0 Å². The molecular formula is C109H145F12N6O20+3. The van der Waals surface area contributed by atoms with Gasteiger partial charge in [-0.25, -0.2) is 24.5 Å². The number of pyridine rings is 3. The molecule has 7 heterocycles. The number of rotatable bonds is 19. The van der Waals surface area contributed by atoms with Gasteiger partial charge in [0.2, 0.25) is 0 Å². The second kappa shape index (κ2) is 37.7. The molecule has 28 fully saturated rings. The molecule has 24 aliphatic carbocycles. The third-order valence-corrected chi connectivity index (χ3v) is 39.4. The highest BCUT2D eigenvalue weighted by Crippen LogP contribution is 2.72. The normalized spacial score (nSPS) is 42.1. The minimum Gasteiger partial charge on any atom is -0.464 e. The van der Waals surface area contributed by atoms with Crippen molar-refractivity contribution < 1.29 is 163 Å². The third-order valence-electron chi connectivity index (χ3n) is 39.4. The number of nitrogens with zero attached hydrogens (tertiary/aromatic N) is 3. The fourth-order valence-corrected chi connectivity index (χ4v) is 34.0. The number of aromatic amines is 3. The summed E-state index contributed by atoms with van der Waals surface area (Å²) in [4.78, 5) is 97.1. The van der Waals surface area contributed by atoms with Gasteiger partial charge in [-0.1, -0.05) is 0 Å². The Hall–Kier alpha value is -7.49. The summed E-state index contributed by atoms with van der Waals surface area (Å²) in [7, 11) is 12.1. The Bertz CT molecular complexity index is 4880. The Morgan fingerprint density at radius 3 is 0.667 bits per heavy atom. The quantitative estimate of drug-likeness (QED) is 0.0612. The average molecular weight is 2090 g/mol. The number of halogens is 12. The molecule has 26 nitrogen and oxygen atoms in total. The number of hydrogen-bond acceptors (Lipinski definition) is 23. The van der Waals surface area contributed by atoms with Crippen molar-refractivity contribution in [2.24, 2.45) is 139 Å². The van der Waals surface area contributed by atoms with Crippen LogP contribution in [-0.4, -0.2) is 227 Å². The SMILES string of the molecule is CC(F)(F)C(=O)OC12CC3CC(C1)C1(OCC(COC(=O)C45CC6CC(C4)C4(OCC(F)(F)C(F)(F)CO4)C(C6)C5)(COC(=O)C45CC6CC(C4)C4(OCC(F)(F)C(F)(F)CO4)C(C6)C5)CO1)C(C3)C2.CC(F)(F)C(=O)OC12CC3CC(C1)C1(OCC(COC(=O)C45CC6CC(CC(C6)C4)C5)(COC(=O)C45CC6CC(CC(C6)C4)C5)CO1)C(C3)C2.CN(C)c1cc[nH+]cc1.CN(C)c1cc[nH+]cc1.CN(C)c1cc[nH+]cc1. The summed E-state index contributed by atoms with van der Waals surface area (Å²) in [5.41, 5.74) is -3.62. The lowest BCUT2D eigenvalue weighted by Gasteiger charge is -2.65. The van der Waals surface area contributed by atoms with Crippen LogP contribution in [0.2, 0.25) is 0 Å². The molecule has 3 aromatic heterocycles. The first-order chi connectivity index (χ1) is 69.3. The van der Waals surface area contributed by atoms with Gasteiger partial charge in [-0.3, -0.25) is 19.2 Å². The maximum Gasteiger partial charge on any atom is 0.377 e. The van der Waals surface area contributed by atoms with Crippen LogP contribution in [0, 0.1) is 139 Å². The van der Waals surface area contributed by atoms with Crippen molar-refractivity contribution >= 4 is 52.9 Å². The number of H-pyrrole nitrogens is 3. The standard InChI is InChI=1S/C48H58F10O12.C40H54F2O8.3C7H10N2/c1-37(49,50)34(59)70-41-10-27-6-32(15-41)48(33(7-27)16-41)64-19-38(20-65-48,17-62-35(60)39-8-25-2-28(11-39)46(29(3-25)12-39)66-21-42(51,52)43(53,54)22-67-46)18-63-36(61)40-9-26-4-30(13-40)47(31(5-26)14-40)68-23-44(55,56)45(57,58)24-69-47;1-35(41,42)32(43)50-39-16-29-8-30(17-39)40(31(9-29)18-39)48-21-36(22-49-40,19-46-33(44)37-10-23-2-24(11-37)4-25(3-23)12-37)20-47-34(45)38-13-26-5-27(14-38)7-28(6-26)15-38;3*1-9(2)7-3-5-8-6-4-7/h25-33H,2-24H2,1H3;23-31H,2-22H2,1H3;3*3-6H,1-2H3/p+3. The van der Waals surface area contributed by atoms with E-state index in [1.54, 1.807) is 0 Å². The van der Waals surface area contributed by atoms with Gasteiger partial charge in [-0.15, -0.1) is 0 Å². The van der Waals surface area contributed by atoms with Crippen molar-refractivity contribution in [3.63, 3.8) is 0 Å². The molecule has 8 atom stereocenters. The van der Waals surface area contributed by atoms with E-state index in [9.17, 15) is 81.5 Å². The lowest BCUT2D eigenvalue weighted by atomic mass is 9.47. The lowest BCUT2D eigenvalue weighted by Crippen LogP contribution is -2.70. The first-order valence-corrected chi connectivity index (χ1v) is 53.7. The molecule has 24 saturated carbocycles. The maximum atomic E-state index is 14.6. The van der Waals surface area contributed by atoms with Gasteiger partial charge in [0, 0.05) is 157 Å². The zero-order valence-corrected chi connectivity index (χ0v) is 85.5. The fraction of sp³-hybridized carbons (Fsp3) is 0.807. The van der Waals surface area contributed by atoms with Crippen molar-refractivity contribution in [3.8, 4) is 0 Å². The summed E-state index contributed by atoms with van der Waals surface area (Å²) in [6.07, 6.45) is 32.4. The van der Waals surface area contributed by atoms with Gasteiger partial charge in [-0.2, -0.15) is 52.7 Å². The molecule has 38 heteroatoms. The predicted molar refractivity (Wildman–Crippen MR) is 498 cm³/mol. The molecule has 4 spiro atoms. The van der Waals surface area contributed by atoms with Gasteiger partial charge in [-0.05, 0) is 265 Å². The molecule has 3 N–H and O–H groups in total. The number of alkyl halides is 12. The highest BCUT2D eigenvalue weighted by Gasteiger charge is 2.76. The van der Waals surface area contributed by atoms with E-state index in [0.717, 1.165) is 51.4 Å². The fourth-order valence-electron chi connectivity index (χ4n) is 34.0. The molecule has 0 aromatic carbocycles. The van der Waals surface area contributed by atoms with Gasteiger partial charge in [0.1, 0.15) is 64.1 Å². The Balaban J connectivity index is 0.000000141. The Labute approximate surface area is 849 Å². The number of hydrogen-bond donors (Lipinski definition) is 0. The van der Waals surface area contributed by atoms with Crippen LogP contribution in [0.15, 0.2) is 73.6 Å². The second-order valence-corrected chi connectivity index (χ2v) is 51.0. The molecule has 3 aromatic rings. The molecule has 31 rings (SSSR count). The number of nitrogens with one attached hydrogen (secondary N) is 3. The molecule has 24 bridgehead atoms. The van der Waals surface area contributed by atoms with Gasteiger partial charge < -0.3 is 81.0 Å². The zero-order chi connectivity index (χ0) is 104. The van der Waals surface area contributed by atoms with Crippen LogP contribution in [0.1, 0.15) is 219 Å². The van der Waals surface area contributed by atoms with Crippen LogP contribution in [0.4, 0.5) is 69.7 Å². The molecule has 0 radical (unpaired) electrons. The van der Waals surface area contributed by atoms with E-state index >= 15 is 0 Å².